The Kier molecular flexibility index (Phi) is 10.1. The van der Waals surface area contributed by atoms with Crippen molar-refractivity contribution in [1.29, 1.82) is 0 Å². The summed E-state index contributed by atoms with van der Waals surface area (Å²) in [4.78, 5) is 33.1. The maximum absolute atomic E-state index is 13.2. The molecule has 0 aliphatic carbocycles. The van der Waals surface area contributed by atoms with Gasteiger partial charge in [-0.05, 0) is 30.0 Å². The number of fused-ring (bicyclic) bond motifs is 1. The summed E-state index contributed by atoms with van der Waals surface area (Å²) < 4.78 is 31.3. The normalized spacial score (nSPS) is 21.8. The fourth-order valence-corrected chi connectivity index (χ4v) is 5.49. The number of ether oxygens (including phenoxy) is 1. The number of carboxylic acid groups (broad SMARTS) is 1. The van der Waals surface area contributed by atoms with Gasteiger partial charge < -0.3 is 15.6 Å². The molecule has 1 aromatic carbocycles. The quantitative estimate of drug-likeness (QED) is 0.295. The topological polar surface area (TPSA) is 152 Å². The molecule has 1 aromatic rings. The summed E-state index contributed by atoms with van der Waals surface area (Å²) in [5.41, 5.74) is 7.47. The number of nitrogens with one attached hydrogen (secondary N) is 1. The average molecular weight is 527 g/mol. The van der Waals surface area contributed by atoms with Gasteiger partial charge in [-0.25, -0.2) is 18.2 Å². The fraction of sp³-hybridized carbons (Fsp3) is 0.667. The number of sulfonamides is 1. The lowest BCUT2D eigenvalue weighted by molar-refractivity contribution is -0.187. The third-order valence-corrected chi connectivity index (χ3v) is 7.40. The highest BCUT2D eigenvalue weighted by Gasteiger charge is 2.47. The van der Waals surface area contributed by atoms with Crippen LogP contribution in [0.25, 0.3) is 0 Å². The van der Waals surface area contributed by atoms with Crippen LogP contribution in [0.5, 0.6) is 5.75 Å². The zero-order valence-electron chi connectivity index (χ0n) is 21.0. The predicted molar refractivity (Wildman–Crippen MR) is 134 cm³/mol. The first kappa shape index (κ1) is 28.3. The second-order valence-corrected chi connectivity index (χ2v) is 11.2. The summed E-state index contributed by atoms with van der Waals surface area (Å²) >= 11 is 0. The molecule has 1 amide bonds. The van der Waals surface area contributed by atoms with Crippen LogP contribution in [-0.4, -0.2) is 93.6 Å². The molecule has 0 spiro atoms. The van der Waals surface area contributed by atoms with Gasteiger partial charge in [-0.2, -0.15) is 0 Å². The maximum atomic E-state index is 13.2. The van der Waals surface area contributed by atoms with Crippen LogP contribution in [0.2, 0.25) is 0 Å². The lowest BCUT2D eigenvalue weighted by Crippen LogP contribution is -2.45. The van der Waals surface area contributed by atoms with Crippen molar-refractivity contribution < 1.29 is 32.7 Å². The smallest absolute Gasteiger partial charge is 0.308 e. The maximum Gasteiger partial charge on any atom is 0.308 e. The van der Waals surface area contributed by atoms with Gasteiger partial charge in [0.05, 0.1) is 31.9 Å². The van der Waals surface area contributed by atoms with Gasteiger partial charge in [0.1, 0.15) is 5.75 Å². The number of carboxylic acids is 1. The van der Waals surface area contributed by atoms with E-state index in [9.17, 15) is 23.1 Å². The number of unbranched alkanes of at least 4 members (excludes halogenated alkanes) is 1. The zero-order valence-corrected chi connectivity index (χ0v) is 21.8. The van der Waals surface area contributed by atoms with E-state index in [4.69, 9.17) is 15.3 Å². The van der Waals surface area contributed by atoms with Crippen LogP contribution in [0.3, 0.4) is 0 Å². The first-order chi connectivity index (χ1) is 17.1. The second kappa shape index (κ2) is 12.8. The molecule has 0 unspecified atom stereocenters. The Morgan fingerprint density at radius 3 is 2.81 bits per heavy atom. The molecule has 36 heavy (non-hydrogen) atoms. The zero-order chi connectivity index (χ0) is 26.3. The number of hydroxylamine groups is 2. The summed E-state index contributed by atoms with van der Waals surface area (Å²) in [6, 6.07) is 5.22. The highest BCUT2D eigenvalue weighted by Crippen LogP contribution is 2.41. The Labute approximate surface area is 212 Å². The Morgan fingerprint density at radius 1 is 1.36 bits per heavy atom. The summed E-state index contributed by atoms with van der Waals surface area (Å²) in [6.07, 6.45) is 3.72. The van der Waals surface area contributed by atoms with Crippen molar-refractivity contribution in [1.82, 2.24) is 14.7 Å². The van der Waals surface area contributed by atoms with E-state index in [-0.39, 0.29) is 44.5 Å². The van der Waals surface area contributed by atoms with Crippen molar-refractivity contribution in [3.63, 3.8) is 0 Å². The highest BCUT2D eigenvalue weighted by molar-refractivity contribution is 7.88. The molecule has 4 N–H and O–H groups in total. The first-order valence-corrected chi connectivity index (χ1v) is 14.3. The molecule has 0 aromatic heterocycles. The van der Waals surface area contributed by atoms with E-state index < -0.39 is 28.0 Å². The number of carbonyl (C=O) groups is 2. The number of aliphatic carboxylic acids is 1. The van der Waals surface area contributed by atoms with Crippen LogP contribution in [0.15, 0.2) is 18.2 Å². The number of nitrogens with zero attached hydrogens (tertiary/aromatic N) is 2. The number of hydrogen-bond donors (Lipinski definition) is 3. The molecular weight excluding hydrogens is 488 g/mol. The third kappa shape index (κ3) is 7.39. The van der Waals surface area contributed by atoms with Crippen molar-refractivity contribution >= 4 is 21.9 Å². The molecule has 0 bridgehead atoms. The largest absolute Gasteiger partial charge is 0.493 e. The number of rotatable bonds is 14. The SMILES string of the molecule is CCCCN(OCCN)C(=O)CN1C[C@H](c2ccc3c(c2)CCO3)[C@@H](C(=O)O)[C@@H]1CCNS(C)(=O)=O. The van der Waals surface area contributed by atoms with Gasteiger partial charge in [-0.1, -0.05) is 25.5 Å². The molecule has 12 heteroatoms. The van der Waals surface area contributed by atoms with Gasteiger partial charge in [-0.3, -0.25) is 19.3 Å². The lowest BCUT2D eigenvalue weighted by atomic mass is 9.83. The number of amides is 1. The molecule has 2 heterocycles. The predicted octanol–water partition coefficient (Wildman–Crippen LogP) is 0.548. The minimum atomic E-state index is -3.44. The van der Waals surface area contributed by atoms with Crippen LogP contribution < -0.4 is 15.2 Å². The number of carbonyl (C=O) groups excluding carboxylic acids is 1. The Bertz CT molecular complexity index is 1010. The van der Waals surface area contributed by atoms with Gasteiger partial charge in [0.2, 0.25) is 10.0 Å². The van der Waals surface area contributed by atoms with Gasteiger partial charge in [0.15, 0.2) is 0 Å². The molecule has 0 radical (unpaired) electrons. The van der Waals surface area contributed by atoms with Gasteiger partial charge in [0.25, 0.3) is 5.91 Å². The molecule has 202 valence electrons. The number of nitrogens with two attached hydrogens (primary N) is 1. The summed E-state index contributed by atoms with van der Waals surface area (Å²) in [5, 5.41) is 11.6. The van der Waals surface area contributed by atoms with E-state index in [1.807, 2.05) is 30.0 Å². The van der Waals surface area contributed by atoms with E-state index in [1.165, 1.54) is 5.06 Å². The molecule has 1 fully saturated rings. The molecule has 1 saturated heterocycles. The van der Waals surface area contributed by atoms with Crippen molar-refractivity contribution in [2.45, 2.75) is 44.6 Å². The van der Waals surface area contributed by atoms with Gasteiger partial charge in [-0.15, -0.1) is 0 Å². The summed E-state index contributed by atoms with van der Waals surface area (Å²) in [7, 11) is -3.44. The van der Waals surface area contributed by atoms with Crippen molar-refractivity contribution in [2.24, 2.45) is 11.7 Å². The second-order valence-electron chi connectivity index (χ2n) is 9.36. The van der Waals surface area contributed by atoms with Crippen LogP contribution in [0.4, 0.5) is 0 Å². The molecule has 3 atom stereocenters. The van der Waals surface area contributed by atoms with Crippen LogP contribution in [0.1, 0.15) is 43.2 Å². The molecule has 3 rings (SSSR count). The van der Waals surface area contributed by atoms with Crippen LogP contribution in [-0.2, 0) is 30.9 Å². The highest BCUT2D eigenvalue weighted by atomic mass is 32.2. The van der Waals surface area contributed by atoms with Gasteiger partial charge in [0, 0.05) is 44.6 Å². The average Bonchev–Trinajstić information content (AvgIpc) is 3.42. The minimum absolute atomic E-state index is 0.0356. The van der Waals surface area contributed by atoms with E-state index in [0.717, 1.165) is 42.4 Å². The summed E-state index contributed by atoms with van der Waals surface area (Å²) in [5.74, 6) is -1.61. The van der Waals surface area contributed by atoms with Crippen LogP contribution in [0, 0.1) is 5.92 Å². The number of hydrogen-bond acceptors (Lipinski definition) is 8. The molecule has 2 aliphatic heterocycles. The first-order valence-electron chi connectivity index (χ1n) is 12.4. The van der Waals surface area contributed by atoms with E-state index in [2.05, 4.69) is 4.72 Å². The molecular formula is C24H38N4O7S. The van der Waals surface area contributed by atoms with E-state index in [1.54, 1.807) is 0 Å². The molecule has 11 nitrogen and oxygen atoms in total. The lowest BCUT2D eigenvalue weighted by Gasteiger charge is -2.29. The number of likely N-dealkylation sites (tertiary alicyclic amines) is 1. The Balaban J connectivity index is 1.85. The summed E-state index contributed by atoms with van der Waals surface area (Å²) in [6.45, 7) is 3.89. The Hall–Kier alpha value is -2.25. The van der Waals surface area contributed by atoms with E-state index >= 15 is 0 Å². The molecule has 0 saturated carbocycles. The standard InChI is InChI=1S/C24H38N4O7S/c1-3-4-11-28(35-13-9-25)22(29)16-27-15-19(17-5-6-21-18(14-17)8-12-34-21)23(24(30)31)20(27)7-10-26-36(2,32)33/h5-6,14,19-20,23,26H,3-4,7-13,15-16,25H2,1-2H3,(H,30,31)/t19-,20+,23-/m1/s1. The Morgan fingerprint density at radius 2 is 2.14 bits per heavy atom. The molecule has 2 aliphatic rings. The number of benzene rings is 1. The van der Waals surface area contributed by atoms with Crippen LogP contribution >= 0.6 is 0 Å². The monoisotopic (exact) mass is 526 g/mol. The van der Waals surface area contributed by atoms with Gasteiger partial charge >= 0.3 is 5.97 Å². The van der Waals surface area contributed by atoms with Crippen molar-refractivity contribution in [3.05, 3.63) is 29.3 Å². The van der Waals surface area contributed by atoms with Crippen molar-refractivity contribution in [2.75, 3.05) is 52.2 Å². The minimum Gasteiger partial charge on any atom is -0.493 e. The van der Waals surface area contributed by atoms with Crippen molar-refractivity contribution in [3.8, 4) is 5.75 Å². The fourth-order valence-electron chi connectivity index (χ4n) is 5.00. The van der Waals surface area contributed by atoms with E-state index in [0.29, 0.717) is 19.7 Å². The third-order valence-electron chi connectivity index (χ3n) is 6.68.